The second kappa shape index (κ2) is 6.67. The minimum atomic E-state index is 0.0659. The monoisotopic (exact) mass is 334 g/mol. The van der Waals surface area contributed by atoms with Crippen molar-refractivity contribution < 1.29 is 4.79 Å². The maximum atomic E-state index is 12.2. The third kappa shape index (κ3) is 3.26. The molecular formula is C17H16Cl2N2O. The van der Waals surface area contributed by atoms with E-state index in [4.69, 9.17) is 23.2 Å². The highest BCUT2D eigenvalue weighted by Gasteiger charge is 2.35. The van der Waals surface area contributed by atoms with Crippen LogP contribution in [0.1, 0.15) is 29.9 Å². The maximum Gasteiger partial charge on any atom is 0.223 e. The van der Waals surface area contributed by atoms with Crippen LogP contribution in [0.25, 0.3) is 0 Å². The maximum absolute atomic E-state index is 12.2. The minimum absolute atomic E-state index is 0.0659. The van der Waals surface area contributed by atoms with Crippen molar-refractivity contribution in [2.24, 2.45) is 5.92 Å². The zero-order chi connectivity index (χ0) is 15.5. The van der Waals surface area contributed by atoms with Gasteiger partial charge in [-0.2, -0.15) is 0 Å². The van der Waals surface area contributed by atoms with Crippen LogP contribution in [0.4, 0.5) is 0 Å². The standard InChI is InChI=1S/C17H16Cl2N2O/c18-15-9-20-10-16(19)14(15)8-21-17(22)13-6-12(7-13)11-4-2-1-3-5-11/h1-5,9-10,12-13H,6-8H2,(H,21,22). The van der Waals surface area contributed by atoms with Crippen molar-refractivity contribution in [3.8, 4) is 0 Å². The molecule has 0 unspecified atom stereocenters. The van der Waals surface area contributed by atoms with E-state index in [0.29, 0.717) is 28.1 Å². The number of pyridine rings is 1. The number of nitrogens with zero attached hydrogens (tertiary/aromatic N) is 1. The lowest BCUT2D eigenvalue weighted by Gasteiger charge is -2.34. The van der Waals surface area contributed by atoms with Gasteiger partial charge in [0.1, 0.15) is 0 Å². The molecule has 1 heterocycles. The highest BCUT2D eigenvalue weighted by atomic mass is 35.5. The summed E-state index contributed by atoms with van der Waals surface area (Å²) in [6.45, 7) is 0.339. The van der Waals surface area contributed by atoms with Crippen LogP contribution in [0.2, 0.25) is 10.0 Å². The highest BCUT2D eigenvalue weighted by molar-refractivity contribution is 6.35. The van der Waals surface area contributed by atoms with E-state index in [1.165, 1.54) is 18.0 Å². The normalized spacial score (nSPS) is 20.3. The molecule has 1 aliphatic carbocycles. The van der Waals surface area contributed by atoms with E-state index in [2.05, 4.69) is 22.4 Å². The number of carbonyl (C=O) groups excluding carboxylic acids is 1. The third-order valence-corrected chi connectivity index (χ3v) is 4.82. The number of benzene rings is 1. The van der Waals surface area contributed by atoms with E-state index in [9.17, 15) is 4.79 Å². The molecule has 1 aromatic heterocycles. The Morgan fingerprint density at radius 2 is 1.77 bits per heavy atom. The molecule has 5 heteroatoms. The van der Waals surface area contributed by atoms with Gasteiger partial charge in [-0.05, 0) is 24.3 Å². The number of halogens is 2. The predicted molar refractivity (Wildman–Crippen MR) is 88.0 cm³/mol. The van der Waals surface area contributed by atoms with E-state index in [1.807, 2.05) is 18.2 Å². The first-order chi connectivity index (χ1) is 10.6. The SMILES string of the molecule is O=C(NCc1c(Cl)cncc1Cl)C1CC(c2ccccc2)C1. The fraction of sp³-hybridized carbons (Fsp3) is 0.294. The first kappa shape index (κ1) is 15.3. The molecule has 22 heavy (non-hydrogen) atoms. The van der Waals surface area contributed by atoms with Gasteiger partial charge in [-0.1, -0.05) is 53.5 Å². The molecule has 0 spiro atoms. The second-order valence-corrected chi connectivity index (χ2v) is 6.39. The predicted octanol–water partition coefficient (Wildman–Crippen LogP) is 4.20. The van der Waals surface area contributed by atoms with E-state index >= 15 is 0 Å². The second-order valence-electron chi connectivity index (χ2n) is 5.58. The smallest absolute Gasteiger partial charge is 0.223 e. The lowest BCUT2D eigenvalue weighted by atomic mass is 9.71. The summed E-state index contributed by atoms with van der Waals surface area (Å²) >= 11 is 12.1. The number of aromatic nitrogens is 1. The van der Waals surface area contributed by atoms with Crippen LogP contribution in [0.5, 0.6) is 0 Å². The quantitative estimate of drug-likeness (QED) is 0.910. The summed E-state index contributed by atoms with van der Waals surface area (Å²) in [4.78, 5) is 16.1. The van der Waals surface area contributed by atoms with Crippen molar-refractivity contribution in [3.05, 3.63) is 63.9 Å². The molecule has 2 aromatic rings. The topological polar surface area (TPSA) is 42.0 Å². The van der Waals surface area contributed by atoms with Gasteiger partial charge in [0.2, 0.25) is 5.91 Å². The summed E-state index contributed by atoms with van der Waals surface area (Å²) in [5, 5.41) is 3.87. The van der Waals surface area contributed by atoms with Crippen LogP contribution >= 0.6 is 23.2 Å². The first-order valence-electron chi connectivity index (χ1n) is 7.25. The minimum Gasteiger partial charge on any atom is -0.352 e. The average Bonchev–Trinajstić information content (AvgIpc) is 2.46. The molecule has 1 fully saturated rings. The molecule has 1 aliphatic rings. The largest absolute Gasteiger partial charge is 0.352 e. The van der Waals surface area contributed by atoms with Crippen LogP contribution in [0, 0.1) is 5.92 Å². The summed E-state index contributed by atoms with van der Waals surface area (Å²) < 4.78 is 0. The molecule has 1 N–H and O–H groups in total. The Balaban J connectivity index is 1.52. The molecule has 3 rings (SSSR count). The zero-order valence-corrected chi connectivity index (χ0v) is 13.4. The van der Waals surface area contributed by atoms with Crippen LogP contribution in [-0.2, 0) is 11.3 Å². The zero-order valence-electron chi connectivity index (χ0n) is 11.9. The number of rotatable bonds is 4. The lowest BCUT2D eigenvalue weighted by Crippen LogP contribution is -2.37. The van der Waals surface area contributed by atoms with Gasteiger partial charge in [0.15, 0.2) is 0 Å². The number of carbonyl (C=O) groups is 1. The summed E-state index contributed by atoms with van der Waals surface area (Å²) in [5.41, 5.74) is 2.03. The summed E-state index contributed by atoms with van der Waals surface area (Å²) in [6.07, 6.45) is 4.86. The van der Waals surface area contributed by atoms with Crippen molar-refractivity contribution >= 4 is 29.1 Å². The molecule has 1 saturated carbocycles. The molecule has 0 atom stereocenters. The summed E-state index contributed by atoms with van der Waals surface area (Å²) in [5.74, 6) is 0.630. The van der Waals surface area contributed by atoms with Crippen molar-refractivity contribution in [2.45, 2.75) is 25.3 Å². The van der Waals surface area contributed by atoms with Crippen molar-refractivity contribution in [1.29, 1.82) is 0 Å². The Hall–Kier alpha value is -1.58. The molecule has 1 amide bonds. The van der Waals surface area contributed by atoms with Gasteiger partial charge >= 0.3 is 0 Å². The van der Waals surface area contributed by atoms with Crippen molar-refractivity contribution in [3.63, 3.8) is 0 Å². The number of hydrogen-bond acceptors (Lipinski definition) is 2. The Morgan fingerprint density at radius 1 is 1.14 bits per heavy atom. The molecule has 3 nitrogen and oxygen atoms in total. The van der Waals surface area contributed by atoms with Gasteiger partial charge in [0.05, 0.1) is 10.0 Å². The first-order valence-corrected chi connectivity index (χ1v) is 8.01. The van der Waals surface area contributed by atoms with Gasteiger partial charge in [-0.25, -0.2) is 0 Å². The van der Waals surface area contributed by atoms with Gasteiger partial charge in [-0.3, -0.25) is 9.78 Å². The van der Waals surface area contributed by atoms with Gasteiger partial charge < -0.3 is 5.32 Å². The molecule has 0 saturated heterocycles. The van der Waals surface area contributed by atoms with Crippen LogP contribution in [0.3, 0.4) is 0 Å². The van der Waals surface area contributed by atoms with Gasteiger partial charge in [0.25, 0.3) is 0 Å². The van der Waals surface area contributed by atoms with E-state index in [1.54, 1.807) is 0 Å². The van der Waals surface area contributed by atoms with E-state index in [-0.39, 0.29) is 11.8 Å². The third-order valence-electron chi connectivity index (χ3n) is 4.17. The molecule has 0 bridgehead atoms. The molecule has 0 radical (unpaired) electrons. The fourth-order valence-electron chi connectivity index (χ4n) is 2.76. The van der Waals surface area contributed by atoms with Gasteiger partial charge in [0, 0.05) is 30.4 Å². The highest BCUT2D eigenvalue weighted by Crippen LogP contribution is 2.41. The Bertz CT molecular complexity index is 649. The molecule has 114 valence electrons. The van der Waals surface area contributed by atoms with E-state index < -0.39 is 0 Å². The number of nitrogens with one attached hydrogen (secondary N) is 1. The van der Waals surface area contributed by atoms with Crippen LogP contribution in [0.15, 0.2) is 42.7 Å². The molecular weight excluding hydrogens is 319 g/mol. The summed E-state index contributed by atoms with van der Waals surface area (Å²) in [6, 6.07) is 10.3. The number of hydrogen-bond donors (Lipinski definition) is 1. The fourth-order valence-corrected chi connectivity index (χ4v) is 3.25. The van der Waals surface area contributed by atoms with Crippen LogP contribution in [-0.4, -0.2) is 10.9 Å². The molecule has 0 aliphatic heterocycles. The van der Waals surface area contributed by atoms with Crippen molar-refractivity contribution in [2.75, 3.05) is 0 Å². The Kier molecular flexibility index (Phi) is 4.65. The summed E-state index contributed by atoms with van der Waals surface area (Å²) in [7, 11) is 0. The average molecular weight is 335 g/mol. The van der Waals surface area contributed by atoms with Crippen LogP contribution < -0.4 is 5.32 Å². The Morgan fingerprint density at radius 3 is 2.41 bits per heavy atom. The lowest BCUT2D eigenvalue weighted by molar-refractivity contribution is -0.128. The van der Waals surface area contributed by atoms with Gasteiger partial charge in [-0.15, -0.1) is 0 Å². The Labute approximate surface area is 139 Å². The molecule has 1 aromatic carbocycles. The van der Waals surface area contributed by atoms with E-state index in [0.717, 1.165) is 12.8 Å². The number of amides is 1. The van der Waals surface area contributed by atoms with Crippen molar-refractivity contribution in [1.82, 2.24) is 10.3 Å².